The number of carbonyl (C=O) groups excluding carboxylic acids is 2. The van der Waals surface area contributed by atoms with Crippen LogP contribution in [0, 0.1) is 17.3 Å². The van der Waals surface area contributed by atoms with Crippen LogP contribution in [0.4, 0.5) is 0 Å². The topological polar surface area (TPSA) is 34.1 Å². The summed E-state index contributed by atoms with van der Waals surface area (Å²) in [6, 6.07) is 9.30. The van der Waals surface area contributed by atoms with E-state index in [1.165, 1.54) is 0 Å². The van der Waals surface area contributed by atoms with Crippen molar-refractivity contribution in [3.05, 3.63) is 35.9 Å². The highest BCUT2D eigenvalue weighted by Crippen LogP contribution is 2.40. The normalized spacial score (nSPS) is 23.6. The van der Waals surface area contributed by atoms with Crippen LogP contribution in [0.1, 0.15) is 56.8 Å². The maximum Gasteiger partial charge on any atom is 0.163 e. The van der Waals surface area contributed by atoms with Crippen molar-refractivity contribution in [1.29, 1.82) is 0 Å². The fourth-order valence-corrected chi connectivity index (χ4v) is 3.06. The highest BCUT2D eigenvalue weighted by atomic mass is 16.1. The predicted octanol–water partition coefficient (Wildman–Crippen LogP) is 4.29. The molecule has 20 heavy (non-hydrogen) atoms. The molecule has 0 spiro atoms. The average molecular weight is 272 g/mol. The summed E-state index contributed by atoms with van der Waals surface area (Å²) in [5, 5.41) is 0. The number of carbonyl (C=O) groups is 2. The molecule has 0 radical (unpaired) electrons. The SMILES string of the molecule is CC(C)(C)[C@H]1CCC(=O)[C@H](CC(=O)c2ccccc2)C1. The Kier molecular flexibility index (Phi) is 4.42. The molecule has 0 aromatic heterocycles. The van der Waals surface area contributed by atoms with Crippen molar-refractivity contribution in [1.82, 2.24) is 0 Å². The van der Waals surface area contributed by atoms with E-state index >= 15 is 0 Å². The average Bonchev–Trinajstić information content (AvgIpc) is 2.41. The third-order valence-electron chi connectivity index (χ3n) is 4.52. The van der Waals surface area contributed by atoms with Crippen LogP contribution in [0.5, 0.6) is 0 Å². The van der Waals surface area contributed by atoms with Gasteiger partial charge < -0.3 is 0 Å². The Hall–Kier alpha value is -1.44. The molecule has 108 valence electrons. The zero-order valence-corrected chi connectivity index (χ0v) is 12.7. The molecule has 0 heterocycles. The second-order valence-corrected chi connectivity index (χ2v) is 6.99. The number of hydrogen-bond donors (Lipinski definition) is 0. The Morgan fingerprint density at radius 1 is 1.20 bits per heavy atom. The van der Waals surface area contributed by atoms with Crippen LogP contribution in [0.3, 0.4) is 0 Å². The molecule has 0 unspecified atom stereocenters. The van der Waals surface area contributed by atoms with Crippen molar-refractivity contribution in [2.24, 2.45) is 17.3 Å². The van der Waals surface area contributed by atoms with Crippen molar-refractivity contribution in [3.63, 3.8) is 0 Å². The summed E-state index contributed by atoms with van der Waals surface area (Å²) in [4.78, 5) is 24.3. The lowest BCUT2D eigenvalue weighted by molar-refractivity contribution is -0.126. The second-order valence-electron chi connectivity index (χ2n) is 6.99. The lowest BCUT2D eigenvalue weighted by Gasteiger charge is -2.36. The van der Waals surface area contributed by atoms with Crippen molar-refractivity contribution in [2.75, 3.05) is 0 Å². The van der Waals surface area contributed by atoms with Crippen molar-refractivity contribution < 1.29 is 9.59 Å². The molecule has 0 aliphatic heterocycles. The molecule has 0 bridgehead atoms. The van der Waals surface area contributed by atoms with E-state index in [1.54, 1.807) is 0 Å². The van der Waals surface area contributed by atoms with Crippen molar-refractivity contribution in [3.8, 4) is 0 Å². The second kappa shape index (κ2) is 5.90. The first kappa shape index (κ1) is 15.0. The van der Waals surface area contributed by atoms with Crippen molar-refractivity contribution >= 4 is 11.6 Å². The van der Waals surface area contributed by atoms with Crippen LogP contribution >= 0.6 is 0 Å². The van der Waals surface area contributed by atoms with Crippen LogP contribution in [0.2, 0.25) is 0 Å². The molecule has 1 aliphatic rings. The number of ketones is 2. The van der Waals surface area contributed by atoms with Crippen LogP contribution in [-0.2, 0) is 4.79 Å². The van der Waals surface area contributed by atoms with E-state index in [1.807, 2.05) is 30.3 Å². The van der Waals surface area contributed by atoms with Gasteiger partial charge in [0.1, 0.15) is 5.78 Å². The van der Waals surface area contributed by atoms with Gasteiger partial charge in [-0.15, -0.1) is 0 Å². The predicted molar refractivity (Wildman–Crippen MR) is 80.7 cm³/mol. The lowest BCUT2D eigenvalue weighted by atomic mass is 9.67. The monoisotopic (exact) mass is 272 g/mol. The Morgan fingerprint density at radius 2 is 1.85 bits per heavy atom. The third kappa shape index (κ3) is 3.56. The van der Waals surface area contributed by atoms with Gasteiger partial charge in [0.25, 0.3) is 0 Å². The van der Waals surface area contributed by atoms with Gasteiger partial charge in [-0.05, 0) is 24.2 Å². The minimum absolute atomic E-state index is 0.0827. The summed E-state index contributed by atoms with van der Waals surface area (Å²) in [6.45, 7) is 6.68. The summed E-state index contributed by atoms with van der Waals surface area (Å²) in [7, 11) is 0. The summed E-state index contributed by atoms with van der Waals surface area (Å²) in [5.41, 5.74) is 0.938. The minimum Gasteiger partial charge on any atom is -0.299 e. The van der Waals surface area contributed by atoms with Crippen molar-refractivity contribution in [2.45, 2.75) is 46.5 Å². The fraction of sp³-hybridized carbons (Fsp3) is 0.556. The molecule has 2 heteroatoms. The smallest absolute Gasteiger partial charge is 0.163 e. The Balaban J connectivity index is 2.04. The molecular weight excluding hydrogens is 248 g/mol. The van der Waals surface area contributed by atoms with Crippen LogP contribution in [0.25, 0.3) is 0 Å². The molecule has 2 nitrogen and oxygen atoms in total. The van der Waals surface area contributed by atoms with Crippen LogP contribution in [0.15, 0.2) is 30.3 Å². The molecule has 1 fully saturated rings. The van der Waals surface area contributed by atoms with Gasteiger partial charge >= 0.3 is 0 Å². The highest BCUT2D eigenvalue weighted by Gasteiger charge is 2.35. The molecule has 0 saturated heterocycles. The minimum atomic E-state index is -0.0827. The zero-order valence-electron chi connectivity index (χ0n) is 12.7. The zero-order chi connectivity index (χ0) is 14.8. The first-order valence-corrected chi connectivity index (χ1v) is 7.49. The number of hydrogen-bond acceptors (Lipinski definition) is 2. The van der Waals surface area contributed by atoms with Gasteiger partial charge in [-0.3, -0.25) is 9.59 Å². The van der Waals surface area contributed by atoms with E-state index in [-0.39, 0.29) is 22.9 Å². The summed E-state index contributed by atoms with van der Waals surface area (Å²) >= 11 is 0. The van der Waals surface area contributed by atoms with Gasteiger partial charge in [0, 0.05) is 24.3 Å². The maximum absolute atomic E-state index is 12.3. The van der Waals surface area contributed by atoms with E-state index in [2.05, 4.69) is 20.8 Å². The maximum atomic E-state index is 12.3. The van der Waals surface area contributed by atoms with Gasteiger partial charge in [-0.2, -0.15) is 0 Å². The van der Waals surface area contributed by atoms with Crippen LogP contribution < -0.4 is 0 Å². The van der Waals surface area contributed by atoms with E-state index < -0.39 is 0 Å². The third-order valence-corrected chi connectivity index (χ3v) is 4.52. The molecule has 0 N–H and O–H groups in total. The molecule has 2 rings (SSSR count). The standard InChI is InChI=1S/C18H24O2/c1-18(2,3)15-9-10-16(19)14(11-15)12-17(20)13-7-5-4-6-8-13/h4-8,14-15H,9-12H2,1-3H3/t14-,15-/m0/s1. The molecule has 1 aromatic carbocycles. The number of rotatable bonds is 3. The Bertz CT molecular complexity index is 482. The first-order chi connectivity index (χ1) is 9.38. The Labute approximate surface area is 121 Å². The van der Waals surface area contributed by atoms with E-state index in [0.717, 1.165) is 18.4 Å². The molecular formula is C18H24O2. The first-order valence-electron chi connectivity index (χ1n) is 7.49. The van der Waals surface area contributed by atoms with Gasteiger partial charge in [0.2, 0.25) is 0 Å². The molecule has 0 amide bonds. The van der Waals surface area contributed by atoms with Gasteiger partial charge in [-0.25, -0.2) is 0 Å². The lowest BCUT2D eigenvalue weighted by Crippen LogP contribution is -2.33. The van der Waals surface area contributed by atoms with Gasteiger partial charge in [0.15, 0.2) is 5.78 Å². The quantitative estimate of drug-likeness (QED) is 0.769. The summed E-state index contributed by atoms with van der Waals surface area (Å²) in [6.07, 6.45) is 2.84. The largest absolute Gasteiger partial charge is 0.299 e. The molecule has 1 aliphatic carbocycles. The number of benzene rings is 1. The molecule has 2 atom stereocenters. The van der Waals surface area contributed by atoms with Gasteiger partial charge in [0.05, 0.1) is 0 Å². The highest BCUT2D eigenvalue weighted by molar-refractivity contribution is 5.99. The molecule has 1 saturated carbocycles. The van der Waals surface area contributed by atoms with Crippen LogP contribution in [-0.4, -0.2) is 11.6 Å². The summed E-state index contributed by atoms with van der Waals surface area (Å²) in [5.74, 6) is 0.822. The van der Waals surface area contributed by atoms with Gasteiger partial charge in [-0.1, -0.05) is 51.1 Å². The van der Waals surface area contributed by atoms with E-state index in [9.17, 15) is 9.59 Å². The van der Waals surface area contributed by atoms with E-state index in [0.29, 0.717) is 18.8 Å². The fourth-order valence-electron chi connectivity index (χ4n) is 3.06. The summed E-state index contributed by atoms with van der Waals surface area (Å²) < 4.78 is 0. The number of Topliss-reactive ketones (excluding diaryl/α,β-unsaturated/α-hetero) is 2. The van der Waals surface area contributed by atoms with E-state index in [4.69, 9.17) is 0 Å². The Morgan fingerprint density at radius 3 is 2.45 bits per heavy atom. The molecule has 1 aromatic rings.